The first-order valence-electron chi connectivity index (χ1n) is 14.9. The van der Waals surface area contributed by atoms with Crippen molar-refractivity contribution >= 4 is 5.91 Å². The number of benzene rings is 2. The Morgan fingerprint density at radius 1 is 1.07 bits per heavy atom. The van der Waals surface area contributed by atoms with Crippen molar-refractivity contribution in [1.82, 2.24) is 15.1 Å². The second-order valence-corrected chi connectivity index (χ2v) is 11.4. The summed E-state index contributed by atoms with van der Waals surface area (Å²) in [6, 6.07) is 9.81. The fourth-order valence-electron chi connectivity index (χ4n) is 5.78. The maximum absolute atomic E-state index is 13.9. The van der Waals surface area contributed by atoms with Gasteiger partial charge in [0.15, 0.2) is 0 Å². The average Bonchev–Trinajstić information content (AvgIpc) is 2.94. The summed E-state index contributed by atoms with van der Waals surface area (Å²) in [5.74, 6) is 0.604. The highest BCUT2D eigenvalue weighted by Gasteiger charge is 2.33. The number of piperidine rings is 1. The molecule has 0 radical (unpaired) electrons. The third kappa shape index (κ3) is 8.51. The fourth-order valence-corrected chi connectivity index (χ4v) is 5.78. The van der Waals surface area contributed by atoms with Crippen LogP contribution in [0.15, 0.2) is 30.3 Å². The van der Waals surface area contributed by atoms with E-state index in [9.17, 15) is 9.18 Å². The topological polar surface area (TPSA) is 54.0 Å². The monoisotopic (exact) mass is 555 g/mol. The molecule has 1 N–H and O–H groups in total. The predicted molar refractivity (Wildman–Crippen MR) is 161 cm³/mol. The number of nitrogens with one attached hydrogen (secondary N) is 1. The number of methoxy groups -OCH3 is 1. The van der Waals surface area contributed by atoms with Crippen LogP contribution in [0.5, 0.6) is 5.75 Å². The van der Waals surface area contributed by atoms with Crippen LogP contribution < -0.4 is 10.1 Å². The van der Waals surface area contributed by atoms with Crippen LogP contribution in [0.1, 0.15) is 79.1 Å². The second kappa shape index (κ2) is 15.5. The number of amides is 1. The van der Waals surface area contributed by atoms with Gasteiger partial charge in [-0.2, -0.15) is 0 Å². The standard InChI is InChI=1S/C33H50FN3O3/c1-8-26-20-27(11-13-31(26)34)33(38)35-29-19-23(3)37(30(9-2)21-29)22-28-12-14-32(25(5)24(28)4)40-17-10-15-36(6)16-18-39-7/h11-14,20,23,29-30H,8-10,15-19,21-22H2,1-7H3,(H,35,38). The maximum Gasteiger partial charge on any atom is 0.251 e. The number of rotatable bonds is 14. The number of carbonyl (C=O) groups is 1. The highest BCUT2D eigenvalue weighted by atomic mass is 19.1. The van der Waals surface area contributed by atoms with E-state index in [4.69, 9.17) is 9.47 Å². The van der Waals surface area contributed by atoms with Gasteiger partial charge in [0, 0.05) is 50.4 Å². The molecule has 222 valence electrons. The van der Waals surface area contributed by atoms with Crippen molar-refractivity contribution in [3.63, 3.8) is 0 Å². The molecule has 7 heteroatoms. The first-order valence-corrected chi connectivity index (χ1v) is 14.9. The summed E-state index contributed by atoms with van der Waals surface area (Å²) < 4.78 is 25.2. The Morgan fingerprint density at radius 3 is 2.55 bits per heavy atom. The highest BCUT2D eigenvalue weighted by Crippen LogP contribution is 2.31. The quantitative estimate of drug-likeness (QED) is 0.294. The Morgan fingerprint density at radius 2 is 1.85 bits per heavy atom. The Bertz CT molecular complexity index is 1110. The molecule has 3 rings (SSSR count). The Balaban J connectivity index is 1.58. The number of likely N-dealkylation sites (tertiary alicyclic amines) is 1. The molecular formula is C33H50FN3O3. The largest absolute Gasteiger partial charge is 0.493 e. The molecule has 1 fully saturated rings. The molecule has 1 aliphatic rings. The van der Waals surface area contributed by atoms with Crippen molar-refractivity contribution in [2.45, 2.75) is 91.4 Å². The number of ether oxygens (including phenoxy) is 2. The van der Waals surface area contributed by atoms with Crippen molar-refractivity contribution in [3.8, 4) is 5.75 Å². The Labute approximate surface area is 241 Å². The van der Waals surface area contributed by atoms with E-state index >= 15 is 0 Å². The van der Waals surface area contributed by atoms with Crippen LogP contribution in [0.25, 0.3) is 0 Å². The van der Waals surface area contributed by atoms with E-state index in [0.717, 1.165) is 57.7 Å². The van der Waals surface area contributed by atoms with Crippen LogP contribution >= 0.6 is 0 Å². The van der Waals surface area contributed by atoms with Gasteiger partial charge in [0.25, 0.3) is 5.91 Å². The first-order chi connectivity index (χ1) is 19.2. The van der Waals surface area contributed by atoms with E-state index < -0.39 is 0 Å². The lowest BCUT2D eigenvalue weighted by Crippen LogP contribution is -2.53. The summed E-state index contributed by atoms with van der Waals surface area (Å²) in [6.07, 6.45) is 4.36. The molecule has 3 atom stereocenters. The number of hydrogen-bond donors (Lipinski definition) is 1. The van der Waals surface area contributed by atoms with E-state index in [1.807, 2.05) is 6.92 Å². The van der Waals surface area contributed by atoms with E-state index in [1.54, 1.807) is 19.2 Å². The van der Waals surface area contributed by atoms with Gasteiger partial charge in [-0.3, -0.25) is 9.69 Å². The van der Waals surface area contributed by atoms with Gasteiger partial charge in [-0.15, -0.1) is 0 Å². The lowest BCUT2D eigenvalue weighted by molar-refractivity contribution is 0.0581. The lowest BCUT2D eigenvalue weighted by Gasteiger charge is -2.44. The molecule has 1 aliphatic heterocycles. The molecule has 1 saturated heterocycles. The van der Waals surface area contributed by atoms with Crippen LogP contribution in [-0.2, 0) is 17.7 Å². The number of nitrogens with zero attached hydrogens (tertiary/aromatic N) is 2. The molecule has 0 bridgehead atoms. The van der Waals surface area contributed by atoms with E-state index in [2.05, 4.69) is 62.0 Å². The molecule has 6 nitrogen and oxygen atoms in total. The molecule has 40 heavy (non-hydrogen) atoms. The van der Waals surface area contributed by atoms with Crippen LogP contribution in [0.3, 0.4) is 0 Å². The van der Waals surface area contributed by atoms with Crippen molar-refractivity contribution < 1.29 is 18.7 Å². The zero-order chi connectivity index (χ0) is 29.2. The van der Waals surface area contributed by atoms with Crippen LogP contribution in [0.4, 0.5) is 4.39 Å². The van der Waals surface area contributed by atoms with Gasteiger partial charge in [0.2, 0.25) is 0 Å². The molecule has 2 aromatic rings. The summed E-state index contributed by atoms with van der Waals surface area (Å²) in [5.41, 5.74) is 4.94. The summed E-state index contributed by atoms with van der Waals surface area (Å²) in [5, 5.41) is 3.24. The fraction of sp³-hybridized carbons (Fsp3) is 0.606. The molecule has 1 heterocycles. The first kappa shape index (κ1) is 32.0. The maximum atomic E-state index is 13.9. The third-order valence-electron chi connectivity index (χ3n) is 8.53. The summed E-state index contributed by atoms with van der Waals surface area (Å²) >= 11 is 0. The molecule has 1 amide bonds. The second-order valence-electron chi connectivity index (χ2n) is 11.4. The molecule has 0 aromatic heterocycles. The normalized spacial score (nSPS) is 19.7. The van der Waals surface area contributed by atoms with Gasteiger partial charge in [-0.1, -0.05) is 19.9 Å². The van der Waals surface area contributed by atoms with Gasteiger partial charge in [0.1, 0.15) is 11.6 Å². The average molecular weight is 556 g/mol. The summed E-state index contributed by atoms with van der Waals surface area (Å²) in [6.45, 7) is 15.0. The smallest absolute Gasteiger partial charge is 0.251 e. The van der Waals surface area contributed by atoms with Gasteiger partial charge in [-0.25, -0.2) is 4.39 Å². The van der Waals surface area contributed by atoms with Crippen molar-refractivity contribution in [3.05, 3.63) is 64.0 Å². The summed E-state index contributed by atoms with van der Waals surface area (Å²) in [4.78, 5) is 17.8. The van der Waals surface area contributed by atoms with Crippen molar-refractivity contribution in [1.29, 1.82) is 0 Å². The van der Waals surface area contributed by atoms with Crippen molar-refractivity contribution in [2.75, 3.05) is 40.5 Å². The van der Waals surface area contributed by atoms with Crippen LogP contribution in [0, 0.1) is 19.7 Å². The predicted octanol–water partition coefficient (Wildman–Crippen LogP) is 5.91. The number of halogens is 1. The minimum absolute atomic E-state index is 0.103. The SMILES string of the molecule is CCc1cc(C(=O)NC2CC(C)N(Cc3ccc(OCCCN(C)CCOC)c(C)c3C)C(CC)C2)ccc1F. The number of aryl methyl sites for hydroxylation is 1. The van der Waals surface area contributed by atoms with E-state index in [-0.39, 0.29) is 17.8 Å². The molecule has 3 unspecified atom stereocenters. The molecule has 2 aromatic carbocycles. The highest BCUT2D eigenvalue weighted by molar-refractivity contribution is 5.94. The van der Waals surface area contributed by atoms with E-state index in [0.29, 0.717) is 36.2 Å². The summed E-state index contributed by atoms with van der Waals surface area (Å²) in [7, 11) is 3.84. The molecule has 0 saturated carbocycles. The Hall–Kier alpha value is -2.48. The third-order valence-corrected chi connectivity index (χ3v) is 8.53. The van der Waals surface area contributed by atoms with E-state index in [1.165, 1.54) is 22.8 Å². The number of hydrogen-bond acceptors (Lipinski definition) is 5. The minimum Gasteiger partial charge on any atom is -0.493 e. The van der Waals surface area contributed by atoms with Gasteiger partial charge < -0.3 is 19.7 Å². The van der Waals surface area contributed by atoms with Gasteiger partial charge in [-0.05, 0) is 106 Å². The van der Waals surface area contributed by atoms with Gasteiger partial charge in [0.05, 0.1) is 13.2 Å². The van der Waals surface area contributed by atoms with Gasteiger partial charge >= 0.3 is 0 Å². The zero-order valence-corrected chi connectivity index (χ0v) is 25.7. The lowest BCUT2D eigenvalue weighted by atomic mass is 9.89. The zero-order valence-electron chi connectivity index (χ0n) is 25.7. The molecule has 0 aliphatic carbocycles. The number of carbonyl (C=O) groups excluding carboxylic acids is 1. The minimum atomic E-state index is -0.251. The van der Waals surface area contributed by atoms with Crippen molar-refractivity contribution in [2.24, 2.45) is 0 Å². The van der Waals surface area contributed by atoms with Crippen LogP contribution in [-0.4, -0.2) is 74.3 Å². The van der Waals surface area contributed by atoms with Crippen LogP contribution in [0.2, 0.25) is 0 Å². The Kier molecular flexibility index (Phi) is 12.4. The molecule has 0 spiro atoms. The number of likely N-dealkylation sites (N-methyl/N-ethyl adjacent to an activating group) is 1. The molecular weight excluding hydrogens is 505 g/mol.